The molecule has 3 nitrogen and oxygen atoms in total. The Morgan fingerprint density at radius 1 is 0.434 bits per heavy atom. The molecule has 0 fully saturated rings. The summed E-state index contributed by atoms with van der Waals surface area (Å²) in [6.45, 7) is 13.6. The zero-order valence-electron chi connectivity index (χ0n) is 31.2. The minimum absolute atomic E-state index is 0.135. The standard InChI is InChI=1S/C48H42BN3S/c1-31-27-33(3)45(34(4)28-31)49(46-35(5)29-32(2)30-36(46)6)39-21-17-37(18-22-39)43-25-26-44(48-47(43)50-53-51-48)38-19-23-42(24-20-38)52(40-13-9-7-10-14-40)41-15-11-8-12-16-41/h7-30H,1-6H3. The van der Waals surface area contributed by atoms with Gasteiger partial charge in [-0.2, -0.15) is 8.75 Å². The van der Waals surface area contributed by atoms with Gasteiger partial charge < -0.3 is 4.90 Å². The second-order valence-electron chi connectivity index (χ2n) is 14.4. The molecule has 0 unspecified atom stereocenters. The van der Waals surface area contributed by atoms with Crippen molar-refractivity contribution in [1.29, 1.82) is 0 Å². The summed E-state index contributed by atoms with van der Waals surface area (Å²) in [6.07, 6.45) is 0. The molecule has 0 spiro atoms. The highest BCUT2D eigenvalue weighted by atomic mass is 32.1. The van der Waals surface area contributed by atoms with Crippen LogP contribution >= 0.6 is 11.7 Å². The molecule has 7 aromatic carbocycles. The number of rotatable bonds is 8. The Bertz CT molecular complexity index is 2420. The fourth-order valence-electron chi connectivity index (χ4n) is 8.35. The van der Waals surface area contributed by atoms with Crippen molar-refractivity contribution in [3.8, 4) is 22.3 Å². The van der Waals surface area contributed by atoms with E-state index in [9.17, 15) is 0 Å². The van der Waals surface area contributed by atoms with E-state index in [1.54, 1.807) is 0 Å². The van der Waals surface area contributed by atoms with Crippen LogP contribution in [-0.2, 0) is 0 Å². The van der Waals surface area contributed by atoms with E-state index in [1.165, 1.54) is 61.5 Å². The molecule has 0 N–H and O–H groups in total. The van der Waals surface area contributed by atoms with Gasteiger partial charge in [-0.15, -0.1) is 0 Å². The fourth-order valence-corrected chi connectivity index (χ4v) is 8.92. The molecule has 0 radical (unpaired) electrons. The summed E-state index contributed by atoms with van der Waals surface area (Å²) < 4.78 is 9.68. The summed E-state index contributed by atoms with van der Waals surface area (Å²) in [5.41, 5.74) is 21.7. The van der Waals surface area contributed by atoms with Gasteiger partial charge in [0.15, 0.2) is 0 Å². The van der Waals surface area contributed by atoms with Crippen molar-refractivity contribution in [1.82, 2.24) is 8.75 Å². The van der Waals surface area contributed by atoms with E-state index in [1.807, 2.05) is 0 Å². The fraction of sp³-hybridized carbons (Fsp3) is 0.125. The zero-order valence-corrected chi connectivity index (χ0v) is 32.0. The second-order valence-corrected chi connectivity index (χ2v) is 14.9. The van der Waals surface area contributed by atoms with E-state index in [2.05, 4.69) is 192 Å². The van der Waals surface area contributed by atoms with Gasteiger partial charge in [0.05, 0.1) is 11.7 Å². The quantitative estimate of drug-likeness (QED) is 0.148. The second kappa shape index (κ2) is 14.3. The first-order chi connectivity index (χ1) is 25.8. The Labute approximate surface area is 318 Å². The molecule has 0 aliphatic carbocycles. The summed E-state index contributed by atoms with van der Waals surface area (Å²) in [4.78, 5) is 2.28. The molecule has 0 saturated heterocycles. The third-order valence-electron chi connectivity index (χ3n) is 10.5. The van der Waals surface area contributed by atoms with Gasteiger partial charge >= 0.3 is 0 Å². The van der Waals surface area contributed by atoms with Gasteiger partial charge in [0.25, 0.3) is 0 Å². The Morgan fingerprint density at radius 3 is 1.23 bits per heavy atom. The van der Waals surface area contributed by atoms with Gasteiger partial charge in [0.2, 0.25) is 6.71 Å². The number of hydrogen-bond donors (Lipinski definition) is 0. The molecule has 5 heteroatoms. The molecule has 8 rings (SSSR count). The van der Waals surface area contributed by atoms with Crippen molar-refractivity contribution in [3.05, 3.63) is 179 Å². The number of aromatic nitrogens is 2. The molecule has 1 aromatic heterocycles. The predicted molar refractivity (Wildman–Crippen MR) is 229 cm³/mol. The summed E-state index contributed by atoms with van der Waals surface area (Å²) in [6, 6.07) is 52.7. The number of fused-ring (bicyclic) bond motifs is 1. The first kappa shape index (κ1) is 34.3. The summed E-state index contributed by atoms with van der Waals surface area (Å²) in [5.74, 6) is 0. The Kier molecular flexibility index (Phi) is 9.28. The number of benzene rings is 7. The van der Waals surface area contributed by atoms with E-state index in [0.29, 0.717) is 0 Å². The molecular weight excluding hydrogens is 661 g/mol. The van der Waals surface area contributed by atoms with Gasteiger partial charge in [-0.3, -0.25) is 0 Å². The van der Waals surface area contributed by atoms with Crippen LogP contribution in [0.25, 0.3) is 33.3 Å². The van der Waals surface area contributed by atoms with Gasteiger partial charge in [0, 0.05) is 28.2 Å². The number of nitrogens with zero attached hydrogens (tertiary/aromatic N) is 3. The Morgan fingerprint density at radius 2 is 0.811 bits per heavy atom. The minimum Gasteiger partial charge on any atom is -0.311 e. The SMILES string of the molecule is Cc1cc(C)c(B(c2ccc(-c3ccc(-c4ccc(N(c5ccccc5)c5ccccc5)cc4)c4nsnc34)cc2)c2c(C)cc(C)cc2C)c(C)c1. The first-order valence-electron chi connectivity index (χ1n) is 18.3. The normalized spacial score (nSPS) is 11.2. The highest BCUT2D eigenvalue weighted by Gasteiger charge is 2.28. The van der Waals surface area contributed by atoms with Gasteiger partial charge in [-0.05, 0) is 89.1 Å². The molecule has 1 heterocycles. The van der Waals surface area contributed by atoms with Crippen LogP contribution in [0.2, 0.25) is 0 Å². The highest BCUT2D eigenvalue weighted by Crippen LogP contribution is 2.38. The van der Waals surface area contributed by atoms with E-state index >= 15 is 0 Å². The first-order valence-corrected chi connectivity index (χ1v) is 19.0. The summed E-state index contributed by atoms with van der Waals surface area (Å²) in [5, 5.41) is 0. The van der Waals surface area contributed by atoms with E-state index in [-0.39, 0.29) is 6.71 Å². The number of aryl methyl sites for hydroxylation is 6. The lowest BCUT2D eigenvalue weighted by Gasteiger charge is -2.25. The largest absolute Gasteiger partial charge is 0.311 e. The maximum Gasteiger partial charge on any atom is 0.242 e. The summed E-state index contributed by atoms with van der Waals surface area (Å²) in [7, 11) is 0. The van der Waals surface area contributed by atoms with Crippen molar-refractivity contribution >= 4 is 62.9 Å². The monoisotopic (exact) mass is 703 g/mol. The number of hydrogen-bond acceptors (Lipinski definition) is 4. The van der Waals surface area contributed by atoms with Crippen LogP contribution in [0.15, 0.2) is 146 Å². The molecule has 0 atom stereocenters. The van der Waals surface area contributed by atoms with E-state index in [0.717, 1.165) is 50.3 Å². The van der Waals surface area contributed by atoms with Crippen LogP contribution in [0.5, 0.6) is 0 Å². The predicted octanol–water partition coefficient (Wildman–Crippen LogP) is 10.9. The van der Waals surface area contributed by atoms with Gasteiger partial charge in [-0.25, -0.2) is 0 Å². The Hall–Kier alpha value is -5.78. The van der Waals surface area contributed by atoms with Crippen LogP contribution in [0, 0.1) is 41.5 Å². The molecule has 0 saturated carbocycles. The lowest BCUT2D eigenvalue weighted by molar-refractivity contribution is 1.28. The topological polar surface area (TPSA) is 29.0 Å². The van der Waals surface area contributed by atoms with Crippen molar-refractivity contribution in [2.45, 2.75) is 41.5 Å². The number of para-hydroxylation sites is 2. The maximum absolute atomic E-state index is 4.84. The van der Waals surface area contributed by atoms with Crippen LogP contribution in [0.4, 0.5) is 17.1 Å². The lowest BCUT2D eigenvalue weighted by Crippen LogP contribution is -2.55. The van der Waals surface area contributed by atoms with Crippen molar-refractivity contribution in [3.63, 3.8) is 0 Å². The van der Waals surface area contributed by atoms with E-state index in [4.69, 9.17) is 8.75 Å². The summed E-state index contributed by atoms with van der Waals surface area (Å²) >= 11 is 1.28. The smallest absolute Gasteiger partial charge is 0.242 e. The third-order valence-corrected chi connectivity index (χ3v) is 11.0. The molecule has 53 heavy (non-hydrogen) atoms. The van der Waals surface area contributed by atoms with Gasteiger partial charge in [0.1, 0.15) is 11.0 Å². The van der Waals surface area contributed by atoms with Crippen LogP contribution in [-0.4, -0.2) is 15.5 Å². The molecule has 8 aromatic rings. The average molecular weight is 704 g/mol. The zero-order chi connectivity index (χ0) is 36.6. The van der Waals surface area contributed by atoms with Crippen LogP contribution in [0.3, 0.4) is 0 Å². The average Bonchev–Trinajstić information content (AvgIpc) is 3.65. The third kappa shape index (κ3) is 6.58. The Balaban J connectivity index is 1.16. The lowest BCUT2D eigenvalue weighted by atomic mass is 9.34. The van der Waals surface area contributed by atoms with Crippen molar-refractivity contribution < 1.29 is 0 Å². The maximum atomic E-state index is 4.84. The van der Waals surface area contributed by atoms with E-state index < -0.39 is 0 Å². The van der Waals surface area contributed by atoms with Crippen molar-refractivity contribution in [2.24, 2.45) is 0 Å². The van der Waals surface area contributed by atoms with Crippen molar-refractivity contribution in [2.75, 3.05) is 4.90 Å². The van der Waals surface area contributed by atoms with Crippen LogP contribution in [0.1, 0.15) is 33.4 Å². The molecule has 0 aliphatic rings. The highest BCUT2D eigenvalue weighted by molar-refractivity contribution is 7.00. The number of anilines is 3. The molecular formula is C48H42BN3S. The molecule has 0 amide bonds. The van der Waals surface area contributed by atoms with Crippen LogP contribution < -0.4 is 21.3 Å². The molecule has 0 aliphatic heterocycles. The molecule has 0 bridgehead atoms. The van der Waals surface area contributed by atoms with Gasteiger partial charge in [-0.1, -0.05) is 159 Å². The molecule has 258 valence electrons. The minimum atomic E-state index is 0.135.